The molecule has 4 heteroatoms. The summed E-state index contributed by atoms with van der Waals surface area (Å²) >= 11 is 3.74. The maximum absolute atomic E-state index is 9.16. The summed E-state index contributed by atoms with van der Waals surface area (Å²) in [6, 6.07) is 0. The van der Waals surface area contributed by atoms with Gasteiger partial charge in [0.25, 0.3) is 0 Å². The number of aliphatic hydroxyl groups excluding tert-OH is 2. The Morgan fingerprint density at radius 2 is 1.73 bits per heavy atom. The molecule has 0 amide bonds. The SMILES string of the molecule is CC(C)=C1C(C)=C2CC(C)(CCCSCCO)C2=C(C)C1CSCCO. The Morgan fingerprint density at radius 1 is 1.08 bits per heavy atom. The highest BCUT2D eigenvalue weighted by Gasteiger charge is 2.47. The highest BCUT2D eigenvalue weighted by Crippen LogP contribution is 2.60. The van der Waals surface area contributed by atoms with Crippen LogP contribution < -0.4 is 0 Å². The summed E-state index contributed by atoms with van der Waals surface area (Å²) in [5.41, 5.74) is 9.66. The number of hydrogen-bond donors (Lipinski definition) is 2. The third-order valence-electron chi connectivity index (χ3n) is 5.91. The van der Waals surface area contributed by atoms with Crippen LogP contribution in [-0.4, -0.2) is 46.4 Å². The first-order valence-electron chi connectivity index (χ1n) is 9.83. The van der Waals surface area contributed by atoms with Crippen molar-refractivity contribution in [1.29, 1.82) is 0 Å². The smallest absolute Gasteiger partial charge is 0.0521 e. The monoisotopic (exact) mass is 396 g/mol. The van der Waals surface area contributed by atoms with Crippen LogP contribution in [-0.2, 0) is 0 Å². The molecule has 1 fully saturated rings. The summed E-state index contributed by atoms with van der Waals surface area (Å²) in [6.45, 7) is 12.2. The van der Waals surface area contributed by atoms with E-state index in [-0.39, 0.29) is 13.2 Å². The summed E-state index contributed by atoms with van der Waals surface area (Å²) < 4.78 is 0. The van der Waals surface area contributed by atoms with Crippen LogP contribution >= 0.6 is 23.5 Å². The number of aliphatic hydroxyl groups is 2. The van der Waals surface area contributed by atoms with Crippen molar-refractivity contribution in [3.8, 4) is 0 Å². The lowest BCUT2D eigenvalue weighted by atomic mass is 9.54. The van der Waals surface area contributed by atoms with Gasteiger partial charge in [-0.15, -0.1) is 0 Å². The third kappa shape index (κ3) is 4.63. The van der Waals surface area contributed by atoms with Gasteiger partial charge in [-0.05, 0) is 80.4 Å². The van der Waals surface area contributed by atoms with E-state index in [9.17, 15) is 0 Å². The predicted octanol–water partition coefficient (Wildman–Crippen LogP) is 5.23. The number of allylic oxidation sites excluding steroid dienone is 6. The Labute approximate surface area is 168 Å². The molecule has 2 unspecified atom stereocenters. The molecule has 0 spiro atoms. The molecule has 0 aromatic carbocycles. The summed E-state index contributed by atoms with van der Waals surface area (Å²) in [5, 5.41) is 18.1. The molecule has 0 bridgehead atoms. The van der Waals surface area contributed by atoms with Crippen LogP contribution in [0.4, 0.5) is 0 Å². The molecular weight excluding hydrogens is 360 g/mol. The molecule has 2 aliphatic rings. The molecule has 0 heterocycles. The molecule has 2 rings (SSSR count). The predicted molar refractivity (Wildman–Crippen MR) is 118 cm³/mol. The number of thioether (sulfide) groups is 2. The van der Waals surface area contributed by atoms with Gasteiger partial charge in [-0.25, -0.2) is 0 Å². The Bertz CT molecular complexity index is 599. The average molecular weight is 397 g/mol. The summed E-state index contributed by atoms with van der Waals surface area (Å²) in [4.78, 5) is 0. The topological polar surface area (TPSA) is 40.5 Å². The third-order valence-corrected chi connectivity index (χ3v) is 7.99. The zero-order chi connectivity index (χ0) is 19.3. The molecule has 148 valence electrons. The van der Waals surface area contributed by atoms with Crippen molar-refractivity contribution < 1.29 is 10.2 Å². The summed E-state index contributed by atoms with van der Waals surface area (Å²) in [7, 11) is 0. The van der Waals surface area contributed by atoms with Gasteiger partial charge < -0.3 is 10.2 Å². The van der Waals surface area contributed by atoms with Crippen LogP contribution in [0.5, 0.6) is 0 Å². The van der Waals surface area contributed by atoms with Crippen molar-refractivity contribution in [2.45, 2.75) is 53.9 Å². The van der Waals surface area contributed by atoms with Gasteiger partial charge in [0.05, 0.1) is 13.2 Å². The van der Waals surface area contributed by atoms with Gasteiger partial charge in [0, 0.05) is 23.2 Å². The van der Waals surface area contributed by atoms with Crippen LogP contribution in [0.15, 0.2) is 33.4 Å². The van der Waals surface area contributed by atoms with E-state index < -0.39 is 0 Å². The van der Waals surface area contributed by atoms with Gasteiger partial charge >= 0.3 is 0 Å². The van der Waals surface area contributed by atoms with Crippen molar-refractivity contribution in [2.75, 3.05) is 36.2 Å². The van der Waals surface area contributed by atoms with E-state index in [0.29, 0.717) is 11.3 Å². The van der Waals surface area contributed by atoms with Gasteiger partial charge in [-0.3, -0.25) is 0 Å². The van der Waals surface area contributed by atoms with E-state index in [1.54, 1.807) is 22.3 Å². The fourth-order valence-electron chi connectivity index (χ4n) is 4.82. The highest BCUT2D eigenvalue weighted by molar-refractivity contribution is 7.99. The van der Waals surface area contributed by atoms with E-state index in [1.807, 2.05) is 23.5 Å². The molecule has 0 aromatic heterocycles. The van der Waals surface area contributed by atoms with E-state index in [0.717, 1.165) is 23.0 Å². The van der Waals surface area contributed by atoms with Crippen molar-refractivity contribution in [2.24, 2.45) is 11.3 Å². The molecule has 2 atom stereocenters. The number of hydrogen-bond acceptors (Lipinski definition) is 4. The van der Waals surface area contributed by atoms with Gasteiger partial charge in [-0.2, -0.15) is 23.5 Å². The molecule has 2 aliphatic carbocycles. The minimum atomic E-state index is 0.264. The lowest BCUT2D eigenvalue weighted by molar-refractivity contribution is 0.295. The average Bonchev–Trinajstić information content (AvgIpc) is 2.57. The Hall–Kier alpha value is -0.160. The molecule has 1 saturated carbocycles. The van der Waals surface area contributed by atoms with Crippen LogP contribution in [0, 0.1) is 11.3 Å². The summed E-state index contributed by atoms with van der Waals surface area (Å²) in [5.74, 6) is 4.40. The van der Waals surface area contributed by atoms with Crippen molar-refractivity contribution in [1.82, 2.24) is 0 Å². The zero-order valence-electron chi connectivity index (χ0n) is 17.2. The largest absolute Gasteiger partial charge is 0.396 e. The fraction of sp³-hybridized carbons (Fsp3) is 0.727. The molecule has 0 saturated heterocycles. The van der Waals surface area contributed by atoms with E-state index in [4.69, 9.17) is 10.2 Å². The van der Waals surface area contributed by atoms with E-state index in [2.05, 4.69) is 34.6 Å². The minimum absolute atomic E-state index is 0.264. The van der Waals surface area contributed by atoms with Gasteiger partial charge in [0.2, 0.25) is 0 Å². The maximum atomic E-state index is 9.16. The Kier molecular flexibility index (Phi) is 8.39. The first kappa shape index (κ1) is 22.1. The fourth-order valence-corrected chi connectivity index (χ4v) is 6.45. The molecular formula is C22H36O2S2. The Morgan fingerprint density at radius 3 is 2.35 bits per heavy atom. The second-order valence-corrected chi connectivity index (χ2v) is 10.5. The normalized spacial score (nSPS) is 25.5. The van der Waals surface area contributed by atoms with Crippen LogP contribution in [0.1, 0.15) is 53.9 Å². The van der Waals surface area contributed by atoms with Gasteiger partial charge in [0.1, 0.15) is 0 Å². The van der Waals surface area contributed by atoms with Crippen molar-refractivity contribution in [3.63, 3.8) is 0 Å². The maximum Gasteiger partial charge on any atom is 0.0521 e. The van der Waals surface area contributed by atoms with Gasteiger partial charge in [-0.1, -0.05) is 18.1 Å². The standard InChI is InChI=1S/C22H36O2S2/c1-15(2)20-16(3)18-13-22(5,7-6-10-25-11-8-23)21(18)17(4)19(20)14-26-12-9-24/h19,23-24H,6-14H2,1-5H3. The van der Waals surface area contributed by atoms with Crippen LogP contribution in [0.3, 0.4) is 0 Å². The second kappa shape index (κ2) is 9.86. The molecule has 2 N–H and O–H groups in total. The minimum Gasteiger partial charge on any atom is -0.396 e. The molecule has 0 radical (unpaired) electrons. The second-order valence-electron chi connectivity index (χ2n) is 8.10. The Balaban J connectivity index is 2.19. The first-order chi connectivity index (χ1) is 12.4. The van der Waals surface area contributed by atoms with Crippen molar-refractivity contribution in [3.05, 3.63) is 33.4 Å². The van der Waals surface area contributed by atoms with E-state index in [1.165, 1.54) is 30.4 Å². The van der Waals surface area contributed by atoms with Gasteiger partial charge in [0.15, 0.2) is 0 Å². The van der Waals surface area contributed by atoms with Crippen molar-refractivity contribution >= 4 is 23.5 Å². The zero-order valence-corrected chi connectivity index (χ0v) is 18.8. The molecule has 0 aliphatic heterocycles. The highest BCUT2D eigenvalue weighted by atomic mass is 32.2. The first-order valence-corrected chi connectivity index (χ1v) is 12.1. The number of fused-ring (bicyclic) bond motifs is 1. The summed E-state index contributed by atoms with van der Waals surface area (Å²) in [6.07, 6.45) is 3.68. The quantitative estimate of drug-likeness (QED) is 0.496. The number of rotatable bonds is 10. The van der Waals surface area contributed by atoms with Crippen LogP contribution in [0.2, 0.25) is 0 Å². The molecule has 26 heavy (non-hydrogen) atoms. The van der Waals surface area contributed by atoms with Crippen LogP contribution in [0.25, 0.3) is 0 Å². The lowest BCUT2D eigenvalue weighted by Crippen LogP contribution is -2.38. The molecule has 0 aromatic rings. The lowest BCUT2D eigenvalue weighted by Gasteiger charge is -2.51. The van der Waals surface area contributed by atoms with E-state index >= 15 is 0 Å². The molecule has 2 nitrogen and oxygen atoms in total.